The molecule has 4 rings (SSSR count). The van der Waals surface area contributed by atoms with Gasteiger partial charge in [-0.15, -0.1) is 24.8 Å². The normalized spacial score (nSPS) is 14.4. The van der Waals surface area contributed by atoms with Crippen LogP contribution in [-0.4, -0.2) is 66.9 Å². The monoisotopic (exact) mass is 618 g/mol. The summed E-state index contributed by atoms with van der Waals surface area (Å²) in [5.41, 5.74) is 3.05. The fourth-order valence-electron chi connectivity index (χ4n) is 5.20. The molecule has 0 radical (unpaired) electrons. The number of piperazine rings is 1. The Morgan fingerprint density at radius 2 is 1.37 bits per heavy atom. The molecule has 228 valence electrons. The van der Waals surface area contributed by atoms with E-state index in [0.29, 0.717) is 35.2 Å². The van der Waals surface area contributed by atoms with Crippen molar-refractivity contribution in [2.45, 2.75) is 46.1 Å². The molecule has 0 bridgehead atoms. The molecular weight excluding hydrogens is 580 g/mol. The molecule has 1 aliphatic rings. The molecule has 1 aliphatic heterocycles. The van der Waals surface area contributed by atoms with Gasteiger partial charge in [-0.05, 0) is 39.0 Å². The van der Waals surface area contributed by atoms with Crippen LogP contribution in [0.25, 0.3) is 11.4 Å². The predicted molar refractivity (Wildman–Crippen MR) is 159 cm³/mol. The van der Waals surface area contributed by atoms with Gasteiger partial charge in [-0.1, -0.05) is 18.2 Å². The van der Waals surface area contributed by atoms with Gasteiger partial charge in [0, 0.05) is 62.1 Å². The Labute approximate surface area is 252 Å². The van der Waals surface area contributed by atoms with E-state index in [-0.39, 0.29) is 30.9 Å². The van der Waals surface area contributed by atoms with Gasteiger partial charge in [-0.25, -0.2) is 4.98 Å². The Hall–Kier alpha value is -2.66. The Balaban J connectivity index is 0.00000294. The summed E-state index contributed by atoms with van der Waals surface area (Å²) in [6, 6.07) is 9.29. The molecule has 7 nitrogen and oxygen atoms in total. The van der Waals surface area contributed by atoms with E-state index in [1.807, 2.05) is 19.1 Å². The fraction of sp³-hybridized carbons (Fsp3) is 0.483. The summed E-state index contributed by atoms with van der Waals surface area (Å²) < 4.78 is 57.9. The molecule has 0 N–H and O–H groups in total. The topological polar surface area (TPSA) is 52.0 Å². The van der Waals surface area contributed by atoms with Gasteiger partial charge in [0.05, 0.1) is 32.6 Å². The first-order chi connectivity index (χ1) is 18.6. The number of alkyl halides is 3. The standard InChI is InChI=1S/C29H37F3N4O3.2ClH/c1-19(2)36-20(3)24(33-28(36)21-7-10-23(11-8-21)29(30,31)32)18-35-15-13-34(14-16-35)17-22-9-12-25(37-4)27(39-6)26(22)38-5;;/h7-12,19H,13-18H2,1-6H3;2*1H. The lowest BCUT2D eigenvalue weighted by Crippen LogP contribution is -2.45. The molecule has 1 saturated heterocycles. The van der Waals surface area contributed by atoms with Crippen molar-refractivity contribution in [2.24, 2.45) is 0 Å². The van der Waals surface area contributed by atoms with Crippen LogP contribution in [0.15, 0.2) is 36.4 Å². The molecule has 41 heavy (non-hydrogen) atoms. The number of hydrogen-bond donors (Lipinski definition) is 0. The van der Waals surface area contributed by atoms with Crippen molar-refractivity contribution in [2.75, 3.05) is 47.5 Å². The number of imidazole rings is 1. The van der Waals surface area contributed by atoms with Crippen molar-refractivity contribution >= 4 is 24.8 Å². The molecule has 3 aromatic rings. The maximum Gasteiger partial charge on any atom is 0.416 e. The zero-order valence-electron chi connectivity index (χ0n) is 24.2. The number of aromatic nitrogens is 2. The lowest BCUT2D eigenvalue weighted by atomic mass is 10.1. The van der Waals surface area contributed by atoms with Gasteiger partial charge >= 0.3 is 6.18 Å². The predicted octanol–water partition coefficient (Wildman–Crippen LogP) is 6.65. The highest BCUT2D eigenvalue weighted by Crippen LogP contribution is 2.40. The molecular formula is C29H39Cl2F3N4O3. The molecule has 0 saturated carbocycles. The van der Waals surface area contributed by atoms with Gasteiger partial charge in [-0.2, -0.15) is 13.2 Å². The van der Waals surface area contributed by atoms with Crippen LogP contribution in [0.1, 0.15) is 42.4 Å². The molecule has 12 heteroatoms. The van der Waals surface area contributed by atoms with Gasteiger partial charge in [0.25, 0.3) is 0 Å². The summed E-state index contributed by atoms with van der Waals surface area (Å²) >= 11 is 0. The largest absolute Gasteiger partial charge is 0.493 e. The second kappa shape index (κ2) is 14.5. The van der Waals surface area contributed by atoms with Gasteiger partial charge < -0.3 is 18.8 Å². The summed E-state index contributed by atoms with van der Waals surface area (Å²) in [6.45, 7) is 11.1. The SMILES string of the molecule is COc1ccc(CN2CCN(Cc3nc(-c4ccc(C(F)(F)F)cc4)n(C(C)C)c3C)CC2)c(OC)c1OC.Cl.Cl. The summed E-state index contributed by atoms with van der Waals surface area (Å²) in [4.78, 5) is 9.67. The van der Waals surface area contributed by atoms with Crippen LogP contribution in [0.5, 0.6) is 17.2 Å². The fourth-order valence-corrected chi connectivity index (χ4v) is 5.20. The van der Waals surface area contributed by atoms with Crippen LogP contribution < -0.4 is 14.2 Å². The highest BCUT2D eigenvalue weighted by molar-refractivity contribution is 5.85. The number of rotatable bonds is 9. The summed E-state index contributed by atoms with van der Waals surface area (Å²) in [5.74, 6) is 2.61. The van der Waals surface area contributed by atoms with Gasteiger partial charge in [0.15, 0.2) is 11.5 Å². The number of hydrogen-bond acceptors (Lipinski definition) is 6. The van der Waals surface area contributed by atoms with E-state index in [4.69, 9.17) is 19.2 Å². The van der Waals surface area contributed by atoms with Gasteiger partial charge in [-0.3, -0.25) is 9.80 Å². The minimum Gasteiger partial charge on any atom is -0.493 e. The Morgan fingerprint density at radius 3 is 1.85 bits per heavy atom. The highest BCUT2D eigenvalue weighted by Gasteiger charge is 2.30. The molecule has 0 aliphatic carbocycles. The van der Waals surface area contributed by atoms with Crippen molar-refractivity contribution in [3.63, 3.8) is 0 Å². The van der Waals surface area contributed by atoms with E-state index in [9.17, 15) is 13.2 Å². The van der Waals surface area contributed by atoms with E-state index < -0.39 is 11.7 Å². The van der Waals surface area contributed by atoms with Crippen LogP contribution in [0.3, 0.4) is 0 Å². The maximum atomic E-state index is 13.1. The number of benzene rings is 2. The van der Waals surface area contributed by atoms with E-state index in [1.54, 1.807) is 21.3 Å². The number of methoxy groups -OCH3 is 3. The molecule has 1 fully saturated rings. The van der Waals surface area contributed by atoms with E-state index >= 15 is 0 Å². The lowest BCUT2D eigenvalue weighted by Gasteiger charge is -2.34. The van der Waals surface area contributed by atoms with Crippen molar-refractivity contribution < 1.29 is 27.4 Å². The Kier molecular flexibility index (Phi) is 12.2. The first-order valence-corrected chi connectivity index (χ1v) is 13.0. The third kappa shape index (κ3) is 7.60. The first kappa shape index (κ1) is 34.5. The summed E-state index contributed by atoms with van der Waals surface area (Å²) in [7, 11) is 4.85. The first-order valence-electron chi connectivity index (χ1n) is 13.0. The summed E-state index contributed by atoms with van der Waals surface area (Å²) in [5, 5.41) is 0. The molecule has 0 unspecified atom stereocenters. The molecule has 0 atom stereocenters. The average molecular weight is 620 g/mol. The van der Waals surface area contributed by atoms with E-state index in [1.165, 1.54) is 12.1 Å². The van der Waals surface area contributed by atoms with Crippen molar-refractivity contribution in [1.29, 1.82) is 0 Å². The molecule has 0 spiro atoms. The van der Waals surface area contributed by atoms with Crippen LogP contribution in [0.4, 0.5) is 13.2 Å². The van der Waals surface area contributed by atoms with Crippen LogP contribution in [0, 0.1) is 6.92 Å². The smallest absolute Gasteiger partial charge is 0.416 e. The lowest BCUT2D eigenvalue weighted by molar-refractivity contribution is -0.137. The molecule has 2 aromatic carbocycles. The molecule has 1 aromatic heterocycles. The molecule has 2 heterocycles. The number of ether oxygens (including phenoxy) is 3. The van der Waals surface area contributed by atoms with Crippen molar-refractivity contribution in [1.82, 2.24) is 19.4 Å². The van der Waals surface area contributed by atoms with Crippen LogP contribution in [0.2, 0.25) is 0 Å². The van der Waals surface area contributed by atoms with E-state index in [0.717, 1.165) is 61.8 Å². The average Bonchev–Trinajstić information content (AvgIpc) is 3.24. The second-order valence-corrected chi connectivity index (χ2v) is 10.1. The minimum absolute atomic E-state index is 0. The van der Waals surface area contributed by atoms with E-state index in [2.05, 4.69) is 28.2 Å². The van der Waals surface area contributed by atoms with Crippen molar-refractivity contribution in [3.8, 4) is 28.6 Å². The molecule has 0 amide bonds. The van der Waals surface area contributed by atoms with Gasteiger partial charge in [0.2, 0.25) is 5.75 Å². The van der Waals surface area contributed by atoms with Crippen LogP contribution in [-0.2, 0) is 19.3 Å². The van der Waals surface area contributed by atoms with Crippen LogP contribution >= 0.6 is 24.8 Å². The second-order valence-electron chi connectivity index (χ2n) is 10.1. The summed E-state index contributed by atoms with van der Waals surface area (Å²) in [6.07, 6.45) is -4.36. The zero-order valence-corrected chi connectivity index (χ0v) is 25.9. The highest BCUT2D eigenvalue weighted by atomic mass is 35.5. The van der Waals surface area contributed by atoms with Gasteiger partial charge in [0.1, 0.15) is 5.82 Å². The minimum atomic E-state index is -4.36. The zero-order chi connectivity index (χ0) is 28.3. The van der Waals surface area contributed by atoms with Crippen molar-refractivity contribution in [3.05, 3.63) is 58.9 Å². The number of nitrogens with zero attached hydrogens (tertiary/aromatic N) is 4. The Morgan fingerprint density at radius 1 is 0.805 bits per heavy atom. The third-order valence-electron chi connectivity index (χ3n) is 7.25. The number of halogens is 5. The Bertz CT molecular complexity index is 1280. The third-order valence-corrected chi connectivity index (χ3v) is 7.25. The quantitative estimate of drug-likeness (QED) is 0.268. The maximum absolute atomic E-state index is 13.1.